The van der Waals surface area contributed by atoms with Gasteiger partial charge in [0.2, 0.25) is 11.2 Å². The third-order valence-electron chi connectivity index (χ3n) is 4.93. The van der Waals surface area contributed by atoms with Gasteiger partial charge in [-0.15, -0.1) is 0 Å². The van der Waals surface area contributed by atoms with E-state index in [0.717, 1.165) is 0 Å². The number of hydrogen-bond donors (Lipinski definition) is 0. The smallest absolute Gasteiger partial charge is 0.243 e. The van der Waals surface area contributed by atoms with E-state index in [0.29, 0.717) is 43.2 Å². The summed E-state index contributed by atoms with van der Waals surface area (Å²) < 4.78 is 20.1. The fourth-order valence-electron chi connectivity index (χ4n) is 3.51. The average molecular weight is 411 g/mol. The lowest BCUT2D eigenvalue weighted by Crippen LogP contribution is -2.37. The number of benzene rings is 1. The molecule has 1 fully saturated rings. The molecule has 2 aromatic rings. The molecule has 0 unspecified atom stereocenters. The molecule has 1 aromatic carbocycles. The standard InChI is InChI=1S/C18H17Cl2FN4O2/c1-18(2)13-14(19)22-17(20)23-15(13)25(16(18)26)10-3-4-12(11(21)9-10)24-5-7-27-8-6-24/h3-4,9H,5-8H2,1-2H3. The predicted molar refractivity (Wildman–Crippen MR) is 102 cm³/mol. The Morgan fingerprint density at radius 3 is 2.56 bits per heavy atom. The lowest BCUT2D eigenvalue weighted by molar-refractivity contribution is -0.121. The van der Waals surface area contributed by atoms with Crippen molar-refractivity contribution in [2.24, 2.45) is 0 Å². The van der Waals surface area contributed by atoms with Crippen LogP contribution in [0.15, 0.2) is 18.2 Å². The monoisotopic (exact) mass is 410 g/mol. The normalized spacial score (nSPS) is 18.8. The summed E-state index contributed by atoms with van der Waals surface area (Å²) in [6.45, 7) is 5.81. The van der Waals surface area contributed by atoms with E-state index >= 15 is 0 Å². The van der Waals surface area contributed by atoms with Gasteiger partial charge in [-0.1, -0.05) is 11.6 Å². The molecule has 0 N–H and O–H groups in total. The van der Waals surface area contributed by atoms with Gasteiger partial charge in [0, 0.05) is 24.7 Å². The molecule has 1 saturated heterocycles. The summed E-state index contributed by atoms with van der Waals surface area (Å²) in [5.41, 5.74) is 0.381. The van der Waals surface area contributed by atoms with Gasteiger partial charge in [-0.2, -0.15) is 4.98 Å². The van der Waals surface area contributed by atoms with Crippen molar-refractivity contribution in [3.05, 3.63) is 40.0 Å². The van der Waals surface area contributed by atoms with Crippen molar-refractivity contribution in [3.8, 4) is 0 Å². The summed E-state index contributed by atoms with van der Waals surface area (Å²) in [5.74, 6) is -0.400. The Bertz CT molecular complexity index is 932. The van der Waals surface area contributed by atoms with Crippen LogP contribution >= 0.6 is 23.2 Å². The number of halogens is 3. The van der Waals surface area contributed by atoms with E-state index < -0.39 is 11.2 Å². The molecule has 0 atom stereocenters. The fraction of sp³-hybridized carbons (Fsp3) is 0.389. The third-order valence-corrected chi connectivity index (χ3v) is 5.38. The van der Waals surface area contributed by atoms with Crippen LogP contribution < -0.4 is 9.80 Å². The number of aromatic nitrogens is 2. The van der Waals surface area contributed by atoms with E-state index in [4.69, 9.17) is 27.9 Å². The Balaban J connectivity index is 1.78. The second-order valence-electron chi connectivity index (χ2n) is 6.98. The molecule has 27 heavy (non-hydrogen) atoms. The van der Waals surface area contributed by atoms with Gasteiger partial charge in [0.05, 0.1) is 30.0 Å². The largest absolute Gasteiger partial charge is 0.378 e. The summed E-state index contributed by atoms with van der Waals surface area (Å²) in [5, 5.41) is 0.0518. The van der Waals surface area contributed by atoms with Gasteiger partial charge < -0.3 is 9.64 Å². The maximum atomic E-state index is 14.8. The number of fused-ring (bicyclic) bond motifs is 1. The Labute approximate surface area is 165 Å². The zero-order chi connectivity index (χ0) is 19.3. The molecule has 2 aliphatic heterocycles. The lowest BCUT2D eigenvalue weighted by atomic mass is 9.88. The van der Waals surface area contributed by atoms with Crippen LogP contribution in [0, 0.1) is 5.82 Å². The van der Waals surface area contributed by atoms with Crippen molar-refractivity contribution in [1.82, 2.24) is 9.97 Å². The maximum Gasteiger partial charge on any atom is 0.243 e. The first-order chi connectivity index (χ1) is 12.8. The quantitative estimate of drug-likeness (QED) is 0.557. The summed E-state index contributed by atoms with van der Waals surface area (Å²) in [4.78, 5) is 24.5. The Morgan fingerprint density at radius 1 is 1.19 bits per heavy atom. The van der Waals surface area contributed by atoms with Gasteiger partial charge in [-0.3, -0.25) is 9.69 Å². The summed E-state index contributed by atoms with van der Waals surface area (Å²) in [6, 6.07) is 4.69. The fourth-order valence-corrected chi connectivity index (χ4v) is 4.12. The van der Waals surface area contributed by atoms with Crippen molar-refractivity contribution < 1.29 is 13.9 Å². The molecule has 142 valence electrons. The van der Waals surface area contributed by atoms with E-state index in [1.807, 2.05) is 4.90 Å². The summed E-state index contributed by atoms with van der Waals surface area (Å²) in [6.07, 6.45) is 0. The van der Waals surface area contributed by atoms with E-state index in [9.17, 15) is 9.18 Å². The van der Waals surface area contributed by atoms with Gasteiger partial charge in [0.25, 0.3) is 0 Å². The molecule has 9 heteroatoms. The summed E-state index contributed by atoms with van der Waals surface area (Å²) >= 11 is 12.2. The van der Waals surface area contributed by atoms with Gasteiger partial charge in [0.1, 0.15) is 11.0 Å². The first-order valence-electron chi connectivity index (χ1n) is 8.51. The molecule has 3 heterocycles. The Morgan fingerprint density at radius 2 is 1.89 bits per heavy atom. The van der Waals surface area contributed by atoms with E-state index in [1.54, 1.807) is 26.0 Å². The van der Waals surface area contributed by atoms with Crippen molar-refractivity contribution in [1.29, 1.82) is 0 Å². The van der Waals surface area contributed by atoms with Crippen LogP contribution in [0.3, 0.4) is 0 Å². The Hall–Kier alpha value is -1.96. The van der Waals surface area contributed by atoms with Gasteiger partial charge in [0.15, 0.2) is 5.82 Å². The molecule has 0 spiro atoms. The van der Waals surface area contributed by atoms with Crippen LogP contribution in [0.5, 0.6) is 0 Å². The molecule has 1 amide bonds. The second kappa shape index (κ2) is 6.58. The molecule has 0 radical (unpaired) electrons. The van der Waals surface area contributed by atoms with Gasteiger partial charge in [-0.25, -0.2) is 9.37 Å². The van der Waals surface area contributed by atoms with E-state index in [-0.39, 0.29) is 22.2 Å². The molecular weight excluding hydrogens is 394 g/mol. The number of carbonyl (C=O) groups is 1. The van der Waals surface area contributed by atoms with Crippen molar-refractivity contribution in [2.75, 3.05) is 36.1 Å². The first kappa shape index (κ1) is 18.4. The van der Waals surface area contributed by atoms with Crippen LogP contribution in [0.25, 0.3) is 0 Å². The highest BCUT2D eigenvalue weighted by molar-refractivity contribution is 6.34. The van der Waals surface area contributed by atoms with Crippen LogP contribution in [-0.2, 0) is 14.9 Å². The summed E-state index contributed by atoms with van der Waals surface area (Å²) in [7, 11) is 0. The Kier molecular flexibility index (Phi) is 4.49. The van der Waals surface area contributed by atoms with Crippen molar-refractivity contribution in [2.45, 2.75) is 19.3 Å². The van der Waals surface area contributed by atoms with Gasteiger partial charge >= 0.3 is 0 Å². The predicted octanol–water partition coefficient (Wildman–Crippen LogP) is 3.72. The SMILES string of the molecule is CC1(C)C(=O)N(c2ccc(N3CCOCC3)c(F)c2)c2nc(Cl)nc(Cl)c21. The molecule has 0 bridgehead atoms. The van der Waals surface area contributed by atoms with Crippen molar-refractivity contribution in [3.63, 3.8) is 0 Å². The van der Waals surface area contributed by atoms with Gasteiger partial charge in [-0.05, 0) is 37.6 Å². The van der Waals surface area contributed by atoms with Crippen LogP contribution in [0.4, 0.5) is 21.6 Å². The molecule has 1 aromatic heterocycles. The van der Waals surface area contributed by atoms with Crippen LogP contribution in [0.1, 0.15) is 19.4 Å². The highest BCUT2D eigenvalue weighted by atomic mass is 35.5. The number of ether oxygens (including phenoxy) is 1. The minimum Gasteiger partial charge on any atom is -0.378 e. The second-order valence-corrected chi connectivity index (χ2v) is 7.68. The highest BCUT2D eigenvalue weighted by Gasteiger charge is 2.48. The molecule has 2 aliphatic rings. The van der Waals surface area contributed by atoms with E-state index in [2.05, 4.69) is 9.97 Å². The van der Waals surface area contributed by atoms with Crippen LogP contribution in [0.2, 0.25) is 10.4 Å². The average Bonchev–Trinajstić information content (AvgIpc) is 2.81. The van der Waals surface area contributed by atoms with E-state index in [1.165, 1.54) is 11.0 Å². The van der Waals surface area contributed by atoms with Crippen molar-refractivity contribution >= 4 is 46.3 Å². The zero-order valence-electron chi connectivity index (χ0n) is 14.8. The number of rotatable bonds is 2. The maximum absolute atomic E-state index is 14.8. The zero-order valence-corrected chi connectivity index (χ0v) is 16.3. The topological polar surface area (TPSA) is 58.6 Å². The highest BCUT2D eigenvalue weighted by Crippen LogP contribution is 2.47. The third kappa shape index (κ3) is 2.94. The molecule has 6 nitrogen and oxygen atoms in total. The number of morpholine rings is 1. The lowest BCUT2D eigenvalue weighted by Gasteiger charge is -2.29. The number of hydrogen-bond acceptors (Lipinski definition) is 5. The number of amides is 1. The van der Waals surface area contributed by atoms with Crippen LogP contribution in [-0.4, -0.2) is 42.2 Å². The number of anilines is 3. The minimum atomic E-state index is -0.948. The molecule has 4 rings (SSSR count). The number of nitrogens with zero attached hydrogens (tertiary/aromatic N) is 4. The molecular formula is C18H17Cl2FN4O2. The first-order valence-corrected chi connectivity index (χ1v) is 9.26. The minimum absolute atomic E-state index is 0.0698. The number of carbonyl (C=O) groups excluding carboxylic acids is 1. The molecule has 0 aliphatic carbocycles. The molecule has 0 saturated carbocycles.